The fourth-order valence-electron chi connectivity index (χ4n) is 2.46. The van der Waals surface area contributed by atoms with Gasteiger partial charge in [-0.25, -0.2) is 9.97 Å². The van der Waals surface area contributed by atoms with E-state index in [9.17, 15) is 4.79 Å². The smallest absolute Gasteiger partial charge is 0.256 e. The molecule has 0 spiro atoms. The monoisotopic (exact) mass is 328 g/mol. The van der Waals surface area contributed by atoms with Crippen molar-refractivity contribution < 1.29 is 14.3 Å². The second-order valence-electron chi connectivity index (χ2n) is 5.31. The van der Waals surface area contributed by atoms with Crippen molar-refractivity contribution in [2.75, 3.05) is 25.2 Å². The maximum Gasteiger partial charge on any atom is 0.256 e. The lowest BCUT2D eigenvalue weighted by atomic mass is 10.2. The highest BCUT2D eigenvalue weighted by molar-refractivity contribution is 5.93. The molecule has 1 aromatic carbocycles. The first-order chi connectivity index (χ1) is 11.7. The summed E-state index contributed by atoms with van der Waals surface area (Å²) in [5.41, 5.74) is 1.53. The maximum absolute atomic E-state index is 12.2. The van der Waals surface area contributed by atoms with Gasteiger partial charge in [0.15, 0.2) is 11.5 Å². The Hall–Kier alpha value is -2.83. The average molecular weight is 328 g/mol. The molecule has 2 aromatic rings. The zero-order valence-electron chi connectivity index (χ0n) is 13.8. The number of carbonyl (C=O) groups excluding carboxylic acids is 1. The molecule has 0 saturated carbocycles. The van der Waals surface area contributed by atoms with E-state index in [1.165, 1.54) is 0 Å². The largest absolute Gasteiger partial charge is 0.454 e. The molecule has 7 nitrogen and oxygen atoms in total. The van der Waals surface area contributed by atoms with Gasteiger partial charge in [-0.15, -0.1) is 0 Å². The summed E-state index contributed by atoms with van der Waals surface area (Å²) >= 11 is 0. The number of rotatable bonds is 6. The van der Waals surface area contributed by atoms with E-state index in [1.54, 1.807) is 17.3 Å². The molecule has 1 amide bonds. The Kier molecular flexibility index (Phi) is 4.79. The fraction of sp³-hybridized carbons (Fsp3) is 0.353. The molecule has 2 heterocycles. The highest BCUT2D eigenvalue weighted by Gasteiger charge is 2.14. The number of aromatic nitrogens is 2. The molecule has 1 aromatic heterocycles. The molecule has 0 saturated heterocycles. The van der Waals surface area contributed by atoms with Crippen LogP contribution in [0.5, 0.6) is 11.5 Å². The van der Waals surface area contributed by atoms with Gasteiger partial charge in [-0.05, 0) is 31.5 Å². The first-order valence-corrected chi connectivity index (χ1v) is 7.95. The van der Waals surface area contributed by atoms with Crippen LogP contribution in [-0.2, 0) is 6.54 Å². The first kappa shape index (κ1) is 16.0. The van der Waals surface area contributed by atoms with Gasteiger partial charge in [-0.2, -0.15) is 0 Å². The third-order valence-corrected chi connectivity index (χ3v) is 3.84. The normalized spacial score (nSPS) is 12.1. The van der Waals surface area contributed by atoms with Crippen LogP contribution in [-0.4, -0.2) is 40.7 Å². The Morgan fingerprint density at radius 2 is 1.88 bits per heavy atom. The van der Waals surface area contributed by atoms with Crippen LogP contribution < -0.4 is 14.8 Å². The molecule has 1 aliphatic rings. The predicted molar refractivity (Wildman–Crippen MR) is 89.2 cm³/mol. The van der Waals surface area contributed by atoms with E-state index in [0.29, 0.717) is 31.1 Å². The van der Waals surface area contributed by atoms with Crippen LogP contribution in [0.2, 0.25) is 0 Å². The highest BCUT2D eigenvalue weighted by Crippen LogP contribution is 2.32. The number of nitrogens with zero attached hydrogens (tertiary/aromatic N) is 3. The lowest BCUT2D eigenvalue weighted by Crippen LogP contribution is -2.30. The number of fused-ring (bicyclic) bond motifs is 1. The van der Waals surface area contributed by atoms with Gasteiger partial charge >= 0.3 is 0 Å². The zero-order valence-corrected chi connectivity index (χ0v) is 13.8. The van der Waals surface area contributed by atoms with Gasteiger partial charge in [0.1, 0.15) is 0 Å². The second kappa shape index (κ2) is 7.16. The summed E-state index contributed by atoms with van der Waals surface area (Å²) < 4.78 is 10.6. The number of hydrogen-bond acceptors (Lipinski definition) is 6. The predicted octanol–water partition coefficient (Wildman–Crippen LogP) is 2.30. The highest BCUT2D eigenvalue weighted by atomic mass is 16.7. The number of carbonyl (C=O) groups is 1. The molecule has 0 radical (unpaired) electrons. The van der Waals surface area contributed by atoms with E-state index in [1.807, 2.05) is 32.0 Å². The summed E-state index contributed by atoms with van der Waals surface area (Å²) in [7, 11) is 0. The van der Waals surface area contributed by atoms with Crippen molar-refractivity contribution in [3.8, 4) is 11.5 Å². The minimum absolute atomic E-state index is 0.0534. The zero-order chi connectivity index (χ0) is 16.9. The summed E-state index contributed by atoms with van der Waals surface area (Å²) in [5, 5.41) is 3.13. The van der Waals surface area contributed by atoms with Crippen molar-refractivity contribution in [2.24, 2.45) is 0 Å². The van der Waals surface area contributed by atoms with Gasteiger partial charge in [0, 0.05) is 32.0 Å². The molecular weight excluding hydrogens is 308 g/mol. The molecule has 0 aliphatic carbocycles. The molecule has 0 fully saturated rings. The molecule has 7 heteroatoms. The summed E-state index contributed by atoms with van der Waals surface area (Å²) in [6.07, 6.45) is 3.10. The van der Waals surface area contributed by atoms with Crippen LogP contribution in [0.1, 0.15) is 29.8 Å². The minimum atomic E-state index is -0.0534. The SMILES string of the molecule is CCN(CC)C(=O)c1cnc(NCc2ccc3c(c2)OCO3)nc1. The van der Waals surface area contributed by atoms with E-state index in [2.05, 4.69) is 15.3 Å². The van der Waals surface area contributed by atoms with Crippen LogP contribution >= 0.6 is 0 Å². The molecule has 0 bridgehead atoms. The molecular formula is C17H20N4O3. The lowest BCUT2D eigenvalue weighted by Gasteiger charge is -2.18. The average Bonchev–Trinajstić information content (AvgIpc) is 3.09. The van der Waals surface area contributed by atoms with Crippen molar-refractivity contribution in [1.82, 2.24) is 14.9 Å². The van der Waals surface area contributed by atoms with Crippen LogP contribution in [0.3, 0.4) is 0 Å². The van der Waals surface area contributed by atoms with E-state index in [-0.39, 0.29) is 12.7 Å². The van der Waals surface area contributed by atoms with E-state index in [0.717, 1.165) is 17.1 Å². The van der Waals surface area contributed by atoms with E-state index < -0.39 is 0 Å². The maximum atomic E-state index is 12.2. The quantitative estimate of drug-likeness (QED) is 0.877. The summed E-state index contributed by atoms with van der Waals surface area (Å²) in [6.45, 7) is 6.04. The molecule has 3 rings (SSSR count). The van der Waals surface area contributed by atoms with Gasteiger partial charge in [0.25, 0.3) is 5.91 Å². The number of benzene rings is 1. The Labute approximate surface area is 140 Å². The first-order valence-electron chi connectivity index (χ1n) is 7.95. The van der Waals surface area contributed by atoms with Gasteiger partial charge in [0.05, 0.1) is 5.56 Å². The number of hydrogen-bond donors (Lipinski definition) is 1. The molecule has 24 heavy (non-hydrogen) atoms. The minimum Gasteiger partial charge on any atom is -0.454 e. The fourth-order valence-corrected chi connectivity index (χ4v) is 2.46. The number of nitrogens with one attached hydrogen (secondary N) is 1. The topological polar surface area (TPSA) is 76.6 Å². The van der Waals surface area contributed by atoms with Crippen LogP contribution in [0, 0.1) is 0 Å². The summed E-state index contributed by atoms with van der Waals surface area (Å²) in [5.74, 6) is 1.93. The number of anilines is 1. The van der Waals surface area contributed by atoms with Crippen LogP contribution in [0.15, 0.2) is 30.6 Å². The van der Waals surface area contributed by atoms with E-state index in [4.69, 9.17) is 9.47 Å². The van der Waals surface area contributed by atoms with Gasteiger partial charge < -0.3 is 19.7 Å². The van der Waals surface area contributed by atoms with Crippen molar-refractivity contribution in [3.63, 3.8) is 0 Å². The molecule has 1 N–H and O–H groups in total. The lowest BCUT2D eigenvalue weighted by molar-refractivity contribution is 0.0772. The molecule has 126 valence electrons. The Balaban J connectivity index is 1.61. The van der Waals surface area contributed by atoms with Gasteiger partial charge in [-0.1, -0.05) is 6.07 Å². The van der Waals surface area contributed by atoms with Gasteiger partial charge in [-0.3, -0.25) is 4.79 Å². The third kappa shape index (κ3) is 3.40. The van der Waals surface area contributed by atoms with Crippen molar-refractivity contribution in [1.29, 1.82) is 0 Å². The molecule has 1 aliphatic heterocycles. The van der Waals surface area contributed by atoms with Crippen LogP contribution in [0.25, 0.3) is 0 Å². The van der Waals surface area contributed by atoms with Gasteiger partial charge in [0.2, 0.25) is 12.7 Å². The number of amides is 1. The Bertz CT molecular complexity index is 714. The van der Waals surface area contributed by atoms with Crippen LogP contribution in [0.4, 0.5) is 5.95 Å². The second-order valence-corrected chi connectivity index (χ2v) is 5.31. The molecule has 0 atom stereocenters. The van der Waals surface area contributed by atoms with Crippen molar-refractivity contribution in [3.05, 3.63) is 41.7 Å². The van der Waals surface area contributed by atoms with Crippen molar-refractivity contribution >= 4 is 11.9 Å². The van der Waals surface area contributed by atoms with Crippen molar-refractivity contribution in [2.45, 2.75) is 20.4 Å². The summed E-state index contributed by atoms with van der Waals surface area (Å²) in [6, 6.07) is 5.76. The summed E-state index contributed by atoms with van der Waals surface area (Å²) in [4.78, 5) is 22.4. The number of ether oxygens (including phenoxy) is 2. The Morgan fingerprint density at radius 3 is 2.58 bits per heavy atom. The van der Waals surface area contributed by atoms with E-state index >= 15 is 0 Å². The molecule has 0 unspecified atom stereocenters. The standard InChI is InChI=1S/C17H20N4O3/c1-3-21(4-2)16(22)13-9-19-17(20-10-13)18-8-12-5-6-14-15(7-12)24-11-23-14/h5-7,9-10H,3-4,8,11H2,1-2H3,(H,18,19,20). The third-order valence-electron chi connectivity index (χ3n) is 3.84. The Morgan fingerprint density at radius 1 is 1.17 bits per heavy atom.